The summed E-state index contributed by atoms with van der Waals surface area (Å²) in [5.74, 6) is -0.865. The highest BCUT2D eigenvalue weighted by Crippen LogP contribution is 2.31. The summed E-state index contributed by atoms with van der Waals surface area (Å²) in [6.07, 6.45) is 2.98. The van der Waals surface area contributed by atoms with Crippen molar-refractivity contribution < 1.29 is 9.90 Å². The quantitative estimate of drug-likeness (QED) is 0.647. The number of carbonyl (C=O) groups is 1. The monoisotopic (exact) mass is 231 g/mol. The summed E-state index contributed by atoms with van der Waals surface area (Å²) >= 11 is 0. The molecule has 1 aliphatic rings. The molecule has 0 radical (unpaired) electrons. The maximum absolute atomic E-state index is 11.0. The van der Waals surface area contributed by atoms with E-state index in [-0.39, 0.29) is 11.6 Å². The molecule has 0 unspecified atom stereocenters. The Kier molecular flexibility index (Phi) is 1.88. The van der Waals surface area contributed by atoms with E-state index in [0.717, 1.165) is 5.56 Å². The summed E-state index contributed by atoms with van der Waals surface area (Å²) in [6, 6.07) is 0. The van der Waals surface area contributed by atoms with E-state index in [9.17, 15) is 4.79 Å². The van der Waals surface area contributed by atoms with Crippen LogP contribution >= 0.6 is 0 Å². The fourth-order valence-corrected chi connectivity index (χ4v) is 2.06. The predicted molar refractivity (Wildman–Crippen MR) is 58.4 cm³/mol. The molecule has 1 aliphatic carbocycles. The fraction of sp³-hybridized carbons (Fsp3) is 0.200. The Bertz CT molecular complexity index is 619. The van der Waals surface area contributed by atoms with Gasteiger partial charge < -0.3 is 10.8 Å². The van der Waals surface area contributed by atoms with Crippen LogP contribution in [0.1, 0.15) is 21.6 Å². The van der Waals surface area contributed by atoms with Crippen molar-refractivity contribution in [2.24, 2.45) is 0 Å². The lowest BCUT2D eigenvalue weighted by molar-refractivity contribution is 0.0689. The third-order valence-corrected chi connectivity index (χ3v) is 2.83. The molecule has 2 aromatic heterocycles. The molecule has 86 valence electrons. The van der Waals surface area contributed by atoms with Gasteiger partial charge in [0, 0.05) is 11.8 Å². The molecule has 0 saturated carbocycles. The molecule has 0 bridgehead atoms. The van der Waals surface area contributed by atoms with Crippen LogP contribution in [-0.2, 0) is 12.8 Å². The van der Waals surface area contributed by atoms with Crippen LogP contribution in [0.3, 0.4) is 0 Å². The van der Waals surface area contributed by atoms with Gasteiger partial charge in [-0.2, -0.15) is 5.10 Å². The Morgan fingerprint density at radius 2 is 2.29 bits per heavy atom. The van der Waals surface area contributed by atoms with Crippen LogP contribution in [0.15, 0.2) is 6.20 Å². The maximum atomic E-state index is 11.0. The van der Waals surface area contributed by atoms with Gasteiger partial charge in [-0.25, -0.2) is 14.8 Å². The summed E-state index contributed by atoms with van der Waals surface area (Å²) in [4.78, 5) is 19.0. The topological polar surface area (TPSA) is 118 Å². The minimum absolute atomic E-state index is 0.0582. The first kappa shape index (κ1) is 9.76. The minimum Gasteiger partial charge on any atom is -0.476 e. The molecule has 0 aromatic carbocycles. The number of rotatable bonds is 1. The van der Waals surface area contributed by atoms with Crippen LogP contribution in [0.4, 0.5) is 5.95 Å². The molecule has 0 fully saturated rings. The molecule has 7 nitrogen and oxygen atoms in total. The van der Waals surface area contributed by atoms with Gasteiger partial charge in [-0.05, 0) is 18.4 Å². The molecule has 2 aromatic rings. The van der Waals surface area contributed by atoms with E-state index in [0.29, 0.717) is 29.8 Å². The summed E-state index contributed by atoms with van der Waals surface area (Å²) in [6.45, 7) is 0. The molecule has 0 amide bonds. The minimum atomic E-state index is -1.03. The molecule has 3 rings (SSSR count). The number of aryl methyl sites for hydroxylation is 1. The average Bonchev–Trinajstić information content (AvgIpc) is 2.72. The number of aromatic carboxylic acids is 1. The molecule has 7 heteroatoms. The van der Waals surface area contributed by atoms with Crippen LogP contribution < -0.4 is 5.73 Å². The Hall–Kier alpha value is -2.44. The van der Waals surface area contributed by atoms with Gasteiger partial charge in [0.05, 0.1) is 11.4 Å². The average molecular weight is 231 g/mol. The van der Waals surface area contributed by atoms with Crippen molar-refractivity contribution in [3.05, 3.63) is 23.0 Å². The van der Waals surface area contributed by atoms with Crippen molar-refractivity contribution >= 4 is 11.9 Å². The first-order valence-corrected chi connectivity index (χ1v) is 5.09. The first-order chi connectivity index (χ1) is 8.16. The Labute approximate surface area is 95.7 Å². The van der Waals surface area contributed by atoms with Crippen LogP contribution in [0.25, 0.3) is 11.4 Å². The molecule has 17 heavy (non-hydrogen) atoms. The Morgan fingerprint density at radius 1 is 1.47 bits per heavy atom. The number of carboxylic acids is 1. The summed E-state index contributed by atoms with van der Waals surface area (Å²) < 4.78 is 0. The van der Waals surface area contributed by atoms with Crippen LogP contribution in [0, 0.1) is 0 Å². The number of hydrogen-bond acceptors (Lipinski definition) is 5. The number of aromatic amines is 1. The smallest absolute Gasteiger partial charge is 0.356 e. The van der Waals surface area contributed by atoms with E-state index in [1.54, 1.807) is 6.20 Å². The molecule has 0 aliphatic heterocycles. The number of nitrogens with one attached hydrogen (secondary N) is 1. The van der Waals surface area contributed by atoms with Crippen LogP contribution in [0.5, 0.6) is 0 Å². The summed E-state index contributed by atoms with van der Waals surface area (Å²) in [7, 11) is 0. The van der Waals surface area contributed by atoms with Crippen molar-refractivity contribution in [3.63, 3.8) is 0 Å². The second-order valence-corrected chi connectivity index (χ2v) is 3.83. The highest BCUT2D eigenvalue weighted by Gasteiger charge is 2.26. The zero-order valence-corrected chi connectivity index (χ0v) is 8.77. The highest BCUT2D eigenvalue weighted by atomic mass is 16.4. The van der Waals surface area contributed by atoms with Gasteiger partial charge in [0.2, 0.25) is 5.95 Å². The van der Waals surface area contributed by atoms with Crippen LogP contribution in [0.2, 0.25) is 0 Å². The predicted octanol–water partition coefficient (Wildman–Crippen LogP) is 0.246. The van der Waals surface area contributed by atoms with Crippen molar-refractivity contribution in [1.29, 1.82) is 0 Å². The molecular formula is C10H9N5O2. The molecular weight excluding hydrogens is 222 g/mol. The Morgan fingerprint density at radius 3 is 3.06 bits per heavy atom. The molecule has 0 atom stereocenters. The largest absolute Gasteiger partial charge is 0.476 e. The highest BCUT2D eigenvalue weighted by molar-refractivity contribution is 5.90. The number of hydrogen-bond donors (Lipinski definition) is 3. The first-order valence-electron chi connectivity index (χ1n) is 5.09. The van der Waals surface area contributed by atoms with Gasteiger partial charge >= 0.3 is 5.97 Å². The number of anilines is 1. The number of aromatic nitrogens is 4. The van der Waals surface area contributed by atoms with Crippen molar-refractivity contribution in [2.75, 3.05) is 5.73 Å². The number of carboxylic acid groups (broad SMARTS) is 1. The molecule has 4 N–H and O–H groups in total. The van der Waals surface area contributed by atoms with Gasteiger partial charge in [-0.1, -0.05) is 0 Å². The zero-order valence-electron chi connectivity index (χ0n) is 8.77. The summed E-state index contributed by atoms with van der Waals surface area (Å²) in [5.41, 5.74) is 8.51. The van der Waals surface area contributed by atoms with Gasteiger partial charge in [-0.15, -0.1) is 0 Å². The normalized spacial score (nSPS) is 12.9. The lowest BCUT2D eigenvalue weighted by Crippen LogP contribution is -2.10. The van der Waals surface area contributed by atoms with E-state index in [1.165, 1.54) is 0 Å². The van der Waals surface area contributed by atoms with E-state index >= 15 is 0 Å². The fourth-order valence-electron chi connectivity index (χ4n) is 2.06. The summed E-state index contributed by atoms with van der Waals surface area (Å²) in [5, 5.41) is 15.5. The number of nitrogens with zero attached hydrogens (tertiary/aromatic N) is 3. The second kappa shape index (κ2) is 3.27. The number of fused-ring (bicyclic) bond motifs is 3. The third-order valence-electron chi connectivity index (χ3n) is 2.83. The Balaban J connectivity index is 2.23. The van der Waals surface area contributed by atoms with Crippen molar-refractivity contribution in [2.45, 2.75) is 12.8 Å². The van der Waals surface area contributed by atoms with Gasteiger partial charge in [0.15, 0.2) is 5.69 Å². The van der Waals surface area contributed by atoms with E-state index < -0.39 is 5.97 Å². The van der Waals surface area contributed by atoms with E-state index in [4.69, 9.17) is 10.8 Å². The third kappa shape index (κ3) is 1.36. The number of nitrogen functional groups attached to an aromatic ring is 1. The second-order valence-electron chi connectivity index (χ2n) is 3.83. The van der Waals surface area contributed by atoms with Crippen LogP contribution in [-0.4, -0.2) is 31.2 Å². The van der Waals surface area contributed by atoms with Crippen molar-refractivity contribution in [1.82, 2.24) is 20.2 Å². The number of nitrogens with two attached hydrogens (primary N) is 1. The maximum Gasteiger partial charge on any atom is 0.356 e. The molecule has 2 heterocycles. The van der Waals surface area contributed by atoms with Gasteiger partial charge in [0.25, 0.3) is 0 Å². The van der Waals surface area contributed by atoms with Crippen molar-refractivity contribution in [3.8, 4) is 11.4 Å². The number of H-pyrrole nitrogens is 1. The SMILES string of the molecule is Nc1ncc2c(n1)-c1[nH]nc(C(=O)O)c1CC2. The van der Waals surface area contributed by atoms with Gasteiger partial charge in [0.1, 0.15) is 0 Å². The zero-order chi connectivity index (χ0) is 12.0. The lowest BCUT2D eigenvalue weighted by atomic mass is 9.93. The van der Waals surface area contributed by atoms with E-state index in [1.807, 2.05) is 0 Å². The standard InChI is InChI=1S/C10H9N5O2/c11-10-12-3-4-1-2-5-7(6(4)13-10)14-15-8(5)9(16)17/h3H,1-2H2,(H,14,15)(H,16,17)(H2,11,12,13). The van der Waals surface area contributed by atoms with E-state index in [2.05, 4.69) is 20.2 Å². The lowest BCUT2D eigenvalue weighted by Gasteiger charge is -2.14. The molecule has 0 saturated heterocycles. The molecule has 0 spiro atoms. The van der Waals surface area contributed by atoms with Gasteiger partial charge in [-0.3, -0.25) is 5.10 Å².